The maximum Gasteiger partial charge on any atom is 0.247 e. The number of methoxy groups -OCH3 is 1. The van der Waals surface area contributed by atoms with E-state index < -0.39 is 6.04 Å². The summed E-state index contributed by atoms with van der Waals surface area (Å²) >= 11 is 0. The molecule has 126 valence electrons. The summed E-state index contributed by atoms with van der Waals surface area (Å²) in [5.41, 5.74) is 0.635. The molecule has 0 fully saturated rings. The number of benzene rings is 1. The van der Waals surface area contributed by atoms with E-state index in [1.54, 1.807) is 53.2 Å². The van der Waals surface area contributed by atoms with Gasteiger partial charge in [0.25, 0.3) is 0 Å². The Hall–Kier alpha value is -2.83. The van der Waals surface area contributed by atoms with Gasteiger partial charge in [0, 0.05) is 24.2 Å². The predicted molar refractivity (Wildman–Crippen MR) is 90.0 cm³/mol. The quantitative estimate of drug-likeness (QED) is 0.911. The van der Waals surface area contributed by atoms with Crippen molar-refractivity contribution in [1.29, 1.82) is 0 Å². The molecule has 2 amide bonds. The smallest absolute Gasteiger partial charge is 0.247 e. The topological polar surface area (TPSA) is 76.5 Å². The lowest BCUT2D eigenvalue weighted by Gasteiger charge is -2.33. The predicted octanol–water partition coefficient (Wildman–Crippen LogP) is 2.05. The van der Waals surface area contributed by atoms with Crippen molar-refractivity contribution in [2.45, 2.75) is 32.4 Å². The number of carbonyl (C=O) groups excluding carboxylic acids is 2. The van der Waals surface area contributed by atoms with E-state index in [-0.39, 0.29) is 11.8 Å². The average molecular weight is 328 g/mol. The van der Waals surface area contributed by atoms with Crippen molar-refractivity contribution in [3.05, 3.63) is 36.5 Å². The monoisotopic (exact) mass is 328 g/mol. The maximum atomic E-state index is 12.7. The standard InChI is InChI=1S/C17H20N4O3/c1-3-14(17(23)19-12-5-4-6-13(11-12)24-2)21-15-7-9-18-20(15)10-8-16(21)22/h4-7,9,11,14H,3,8,10H2,1-2H3,(H,19,23). The van der Waals surface area contributed by atoms with Crippen LogP contribution in [-0.2, 0) is 16.1 Å². The summed E-state index contributed by atoms with van der Waals surface area (Å²) < 4.78 is 6.92. The Balaban J connectivity index is 1.83. The van der Waals surface area contributed by atoms with E-state index in [0.29, 0.717) is 36.6 Å². The molecule has 1 aromatic heterocycles. The van der Waals surface area contributed by atoms with E-state index in [1.165, 1.54) is 0 Å². The Bertz CT molecular complexity index is 756. The number of fused-ring (bicyclic) bond motifs is 1. The van der Waals surface area contributed by atoms with Crippen molar-refractivity contribution in [3.8, 4) is 5.75 Å². The molecule has 2 aromatic rings. The van der Waals surface area contributed by atoms with Gasteiger partial charge in [-0.25, -0.2) is 4.68 Å². The molecule has 1 unspecified atom stereocenters. The fourth-order valence-corrected chi connectivity index (χ4v) is 2.90. The molecule has 0 radical (unpaired) electrons. The molecule has 1 atom stereocenters. The summed E-state index contributed by atoms with van der Waals surface area (Å²) in [7, 11) is 1.57. The molecule has 24 heavy (non-hydrogen) atoms. The third-order valence-electron chi connectivity index (χ3n) is 4.09. The van der Waals surface area contributed by atoms with Crippen molar-refractivity contribution in [3.63, 3.8) is 0 Å². The fraction of sp³-hybridized carbons (Fsp3) is 0.353. The van der Waals surface area contributed by atoms with Crippen LogP contribution in [0.1, 0.15) is 19.8 Å². The Morgan fingerprint density at radius 3 is 3.00 bits per heavy atom. The summed E-state index contributed by atoms with van der Waals surface area (Å²) in [6.45, 7) is 2.43. The zero-order valence-corrected chi connectivity index (χ0v) is 13.7. The first-order valence-corrected chi connectivity index (χ1v) is 7.93. The van der Waals surface area contributed by atoms with Crippen LogP contribution in [0.25, 0.3) is 0 Å². The van der Waals surface area contributed by atoms with Crippen LogP contribution in [-0.4, -0.2) is 34.7 Å². The van der Waals surface area contributed by atoms with Gasteiger partial charge in [-0.3, -0.25) is 14.5 Å². The number of aryl methyl sites for hydroxylation is 1. The second kappa shape index (κ2) is 6.74. The molecule has 1 aromatic carbocycles. The zero-order chi connectivity index (χ0) is 17.1. The molecule has 3 rings (SSSR count). The van der Waals surface area contributed by atoms with E-state index in [0.717, 1.165) is 0 Å². The Morgan fingerprint density at radius 1 is 1.42 bits per heavy atom. The lowest BCUT2D eigenvalue weighted by Crippen LogP contribution is -2.50. The Kier molecular flexibility index (Phi) is 4.50. The van der Waals surface area contributed by atoms with Gasteiger partial charge in [0.15, 0.2) is 0 Å². The molecular weight excluding hydrogens is 308 g/mol. The highest BCUT2D eigenvalue weighted by Crippen LogP contribution is 2.25. The summed E-state index contributed by atoms with van der Waals surface area (Å²) in [6, 6.07) is 8.32. The van der Waals surface area contributed by atoms with Crippen LogP contribution in [0.3, 0.4) is 0 Å². The van der Waals surface area contributed by atoms with Crippen LogP contribution < -0.4 is 15.0 Å². The summed E-state index contributed by atoms with van der Waals surface area (Å²) in [4.78, 5) is 26.7. The highest BCUT2D eigenvalue weighted by Gasteiger charge is 2.34. The lowest BCUT2D eigenvalue weighted by atomic mass is 10.1. The number of rotatable bonds is 5. The largest absolute Gasteiger partial charge is 0.497 e. The first kappa shape index (κ1) is 16.0. The fourth-order valence-electron chi connectivity index (χ4n) is 2.90. The molecule has 0 spiro atoms. The van der Waals surface area contributed by atoms with Crippen LogP contribution in [0.15, 0.2) is 36.5 Å². The number of hydrogen-bond acceptors (Lipinski definition) is 4. The molecule has 7 nitrogen and oxygen atoms in total. The van der Waals surface area contributed by atoms with Gasteiger partial charge in [-0.05, 0) is 18.6 Å². The molecule has 0 saturated heterocycles. The number of nitrogens with zero attached hydrogens (tertiary/aromatic N) is 3. The summed E-state index contributed by atoms with van der Waals surface area (Å²) in [6.07, 6.45) is 2.50. The molecule has 1 N–H and O–H groups in total. The first-order chi connectivity index (χ1) is 11.6. The van der Waals surface area contributed by atoms with Crippen LogP contribution in [0.4, 0.5) is 11.5 Å². The third-order valence-corrected chi connectivity index (χ3v) is 4.09. The molecule has 1 aliphatic rings. The van der Waals surface area contributed by atoms with Gasteiger partial charge < -0.3 is 10.1 Å². The van der Waals surface area contributed by atoms with Crippen molar-refractivity contribution in [1.82, 2.24) is 9.78 Å². The number of carbonyl (C=O) groups is 2. The van der Waals surface area contributed by atoms with Crippen molar-refractivity contribution >= 4 is 23.3 Å². The highest BCUT2D eigenvalue weighted by atomic mass is 16.5. The first-order valence-electron chi connectivity index (χ1n) is 7.93. The molecule has 2 heterocycles. The zero-order valence-electron chi connectivity index (χ0n) is 13.7. The molecule has 0 aliphatic carbocycles. The molecule has 7 heteroatoms. The minimum Gasteiger partial charge on any atom is -0.497 e. The number of nitrogens with one attached hydrogen (secondary N) is 1. The Labute approximate surface area is 140 Å². The van der Waals surface area contributed by atoms with E-state index in [1.807, 2.05) is 6.92 Å². The SMILES string of the molecule is CCC(C(=O)Nc1cccc(OC)c1)N1C(=O)CCn2nccc21. The number of anilines is 2. The highest BCUT2D eigenvalue weighted by molar-refractivity contribution is 6.05. The normalized spacial score (nSPS) is 14.9. The maximum absolute atomic E-state index is 12.7. The summed E-state index contributed by atoms with van der Waals surface area (Å²) in [5.74, 6) is 1.04. The minimum absolute atomic E-state index is 0.0596. The van der Waals surface area contributed by atoms with E-state index in [4.69, 9.17) is 4.74 Å². The minimum atomic E-state index is -0.584. The van der Waals surface area contributed by atoms with E-state index in [9.17, 15) is 9.59 Å². The molecular formula is C17H20N4O3. The van der Waals surface area contributed by atoms with Gasteiger partial charge >= 0.3 is 0 Å². The summed E-state index contributed by atoms with van der Waals surface area (Å²) in [5, 5.41) is 7.06. The second-order valence-corrected chi connectivity index (χ2v) is 5.57. The van der Waals surface area contributed by atoms with Gasteiger partial charge in [0.1, 0.15) is 17.6 Å². The van der Waals surface area contributed by atoms with Crippen LogP contribution >= 0.6 is 0 Å². The molecule has 1 aliphatic heterocycles. The second-order valence-electron chi connectivity index (χ2n) is 5.57. The Morgan fingerprint density at radius 2 is 2.25 bits per heavy atom. The third kappa shape index (κ3) is 2.97. The number of hydrogen-bond donors (Lipinski definition) is 1. The van der Waals surface area contributed by atoms with Crippen molar-refractivity contribution < 1.29 is 14.3 Å². The lowest BCUT2D eigenvalue weighted by molar-refractivity contribution is -0.124. The van der Waals surface area contributed by atoms with Crippen LogP contribution in [0.2, 0.25) is 0 Å². The van der Waals surface area contributed by atoms with Gasteiger partial charge in [-0.1, -0.05) is 13.0 Å². The number of ether oxygens (including phenoxy) is 1. The van der Waals surface area contributed by atoms with Gasteiger partial charge in [0.05, 0.1) is 19.9 Å². The van der Waals surface area contributed by atoms with Crippen molar-refractivity contribution in [2.75, 3.05) is 17.3 Å². The molecule has 0 bridgehead atoms. The number of aromatic nitrogens is 2. The average Bonchev–Trinajstić information content (AvgIpc) is 3.06. The van der Waals surface area contributed by atoms with E-state index in [2.05, 4.69) is 10.4 Å². The van der Waals surface area contributed by atoms with Crippen LogP contribution in [0.5, 0.6) is 5.75 Å². The van der Waals surface area contributed by atoms with E-state index >= 15 is 0 Å². The van der Waals surface area contributed by atoms with Gasteiger partial charge in [0.2, 0.25) is 11.8 Å². The van der Waals surface area contributed by atoms with Gasteiger partial charge in [-0.2, -0.15) is 5.10 Å². The van der Waals surface area contributed by atoms with Gasteiger partial charge in [-0.15, -0.1) is 0 Å². The number of amides is 2. The molecule has 0 saturated carbocycles. The van der Waals surface area contributed by atoms with Crippen molar-refractivity contribution in [2.24, 2.45) is 0 Å². The van der Waals surface area contributed by atoms with Crippen LogP contribution in [0, 0.1) is 0 Å².